The van der Waals surface area contributed by atoms with Crippen molar-refractivity contribution in [3.8, 4) is 17.1 Å². The number of benzene rings is 1. The number of morpholine rings is 1. The summed E-state index contributed by atoms with van der Waals surface area (Å²) in [5.74, 6) is -0.215. The van der Waals surface area contributed by atoms with Crippen LogP contribution in [0.5, 0.6) is 0 Å². The molecule has 0 bridgehead atoms. The van der Waals surface area contributed by atoms with Gasteiger partial charge in [-0.05, 0) is 31.2 Å². The van der Waals surface area contributed by atoms with Crippen LogP contribution in [0.15, 0.2) is 35.0 Å². The van der Waals surface area contributed by atoms with Crippen LogP contribution in [0.25, 0.3) is 17.1 Å². The summed E-state index contributed by atoms with van der Waals surface area (Å²) in [7, 11) is 0. The summed E-state index contributed by atoms with van der Waals surface area (Å²) in [6.07, 6.45) is -3.36. The number of halogens is 3. The summed E-state index contributed by atoms with van der Waals surface area (Å²) in [5.41, 5.74) is -0.678. The summed E-state index contributed by atoms with van der Waals surface area (Å²) in [4.78, 5) is 18.2. The molecule has 3 aromatic rings. The lowest BCUT2D eigenvalue weighted by atomic mass is 10.2. The minimum absolute atomic E-state index is 0.172. The van der Waals surface area contributed by atoms with E-state index in [0.717, 1.165) is 24.0 Å². The van der Waals surface area contributed by atoms with Gasteiger partial charge in [-0.1, -0.05) is 5.16 Å². The Bertz CT molecular complexity index is 1070. The zero-order valence-corrected chi connectivity index (χ0v) is 17.2. The van der Waals surface area contributed by atoms with E-state index in [9.17, 15) is 18.0 Å². The smallest absolute Gasteiger partial charge is 0.379 e. The van der Waals surface area contributed by atoms with Crippen LogP contribution in [0.1, 0.15) is 17.9 Å². The predicted octanol–water partition coefficient (Wildman–Crippen LogP) is 2.91. The SMILES string of the molecule is Cc1noc(-c2cnn(-c3ccc(NC(=O)CCN4CCOCC4)cc3)c2C(F)(F)F)n1. The first-order valence-electron chi connectivity index (χ1n) is 9.97. The minimum atomic E-state index is -4.71. The molecule has 1 aromatic carbocycles. The molecule has 0 unspecified atom stereocenters. The number of aryl methyl sites for hydroxylation is 1. The van der Waals surface area contributed by atoms with Crippen molar-refractivity contribution in [1.82, 2.24) is 24.8 Å². The molecule has 0 radical (unpaired) electrons. The van der Waals surface area contributed by atoms with Gasteiger partial charge in [0, 0.05) is 31.7 Å². The molecule has 170 valence electrons. The lowest BCUT2D eigenvalue weighted by Gasteiger charge is -2.26. The molecule has 1 saturated heterocycles. The fourth-order valence-electron chi connectivity index (χ4n) is 3.37. The Balaban J connectivity index is 1.48. The lowest BCUT2D eigenvalue weighted by molar-refractivity contribution is -0.142. The van der Waals surface area contributed by atoms with Crippen LogP contribution in [-0.2, 0) is 15.7 Å². The molecule has 32 heavy (non-hydrogen) atoms. The van der Waals surface area contributed by atoms with Gasteiger partial charge in [-0.2, -0.15) is 23.3 Å². The number of nitrogens with one attached hydrogen (secondary N) is 1. The summed E-state index contributed by atoms with van der Waals surface area (Å²) in [6.45, 7) is 5.03. The monoisotopic (exact) mass is 450 g/mol. The largest absolute Gasteiger partial charge is 0.434 e. The first-order valence-corrected chi connectivity index (χ1v) is 9.97. The van der Waals surface area contributed by atoms with E-state index < -0.39 is 11.9 Å². The van der Waals surface area contributed by atoms with E-state index in [4.69, 9.17) is 9.26 Å². The van der Waals surface area contributed by atoms with E-state index in [0.29, 0.717) is 31.9 Å². The van der Waals surface area contributed by atoms with Crippen molar-refractivity contribution >= 4 is 11.6 Å². The standard InChI is InChI=1S/C20H21F3N6O3/c1-13-25-19(32-27-13)16-12-24-29(18(16)20(21,22)23)15-4-2-14(3-5-15)26-17(30)6-7-28-8-10-31-11-9-28/h2-5,12H,6-11H2,1H3,(H,26,30). The van der Waals surface area contributed by atoms with Gasteiger partial charge in [0.05, 0.1) is 30.7 Å². The van der Waals surface area contributed by atoms with Gasteiger partial charge in [0.2, 0.25) is 5.91 Å². The molecule has 1 aliphatic rings. The molecule has 0 atom stereocenters. The fraction of sp³-hybridized carbons (Fsp3) is 0.400. The van der Waals surface area contributed by atoms with Crippen LogP contribution in [0.2, 0.25) is 0 Å². The van der Waals surface area contributed by atoms with Gasteiger partial charge in [-0.15, -0.1) is 0 Å². The fourth-order valence-corrected chi connectivity index (χ4v) is 3.37. The first-order chi connectivity index (χ1) is 15.3. The third-order valence-corrected chi connectivity index (χ3v) is 4.95. The summed E-state index contributed by atoms with van der Waals surface area (Å²) >= 11 is 0. The second-order valence-electron chi connectivity index (χ2n) is 7.26. The Morgan fingerprint density at radius 1 is 1.19 bits per heavy atom. The van der Waals surface area contributed by atoms with E-state index in [1.54, 1.807) is 0 Å². The number of hydrogen-bond donors (Lipinski definition) is 1. The summed E-state index contributed by atoms with van der Waals surface area (Å²) < 4.78 is 52.3. The molecular weight excluding hydrogens is 429 g/mol. The van der Waals surface area contributed by atoms with Gasteiger partial charge >= 0.3 is 6.18 Å². The van der Waals surface area contributed by atoms with Crippen LogP contribution >= 0.6 is 0 Å². The number of anilines is 1. The van der Waals surface area contributed by atoms with E-state index in [2.05, 4.69) is 25.5 Å². The Hall–Kier alpha value is -3.25. The third kappa shape index (κ3) is 4.97. The average Bonchev–Trinajstić information content (AvgIpc) is 3.40. The zero-order chi connectivity index (χ0) is 22.7. The molecule has 1 N–H and O–H groups in total. The van der Waals surface area contributed by atoms with Crippen LogP contribution in [-0.4, -0.2) is 63.6 Å². The Kier molecular flexibility index (Phi) is 6.24. The summed E-state index contributed by atoms with van der Waals surface area (Å²) in [6, 6.07) is 5.95. The lowest BCUT2D eigenvalue weighted by Crippen LogP contribution is -2.38. The van der Waals surface area contributed by atoms with Crippen molar-refractivity contribution in [3.05, 3.63) is 42.0 Å². The molecule has 2 aromatic heterocycles. The van der Waals surface area contributed by atoms with Crippen LogP contribution < -0.4 is 5.32 Å². The highest BCUT2D eigenvalue weighted by molar-refractivity contribution is 5.90. The number of ether oxygens (including phenoxy) is 1. The predicted molar refractivity (Wildman–Crippen MR) is 107 cm³/mol. The number of carbonyl (C=O) groups excluding carboxylic acids is 1. The number of alkyl halides is 3. The molecule has 4 rings (SSSR count). The normalized spacial score (nSPS) is 15.1. The highest BCUT2D eigenvalue weighted by Crippen LogP contribution is 2.37. The maximum absolute atomic E-state index is 13.8. The van der Waals surface area contributed by atoms with Gasteiger partial charge in [0.15, 0.2) is 11.5 Å². The van der Waals surface area contributed by atoms with Crippen molar-refractivity contribution < 1.29 is 27.2 Å². The molecular formula is C20H21F3N6O3. The maximum atomic E-state index is 13.8. The van der Waals surface area contributed by atoms with Crippen molar-refractivity contribution in [2.45, 2.75) is 19.5 Å². The molecule has 0 spiro atoms. The first kappa shape index (κ1) is 22.0. The topological polar surface area (TPSA) is 98.3 Å². The van der Waals surface area contributed by atoms with Gasteiger partial charge in [-0.3, -0.25) is 9.69 Å². The van der Waals surface area contributed by atoms with Gasteiger partial charge in [-0.25, -0.2) is 4.68 Å². The molecule has 1 aliphatic heterocycles. The van der Waals surface area contributed by atoms with Crippen LogP contribution in [0, 0.1) is 6.92 Å². The van der Waals surface area contributed by atoms with E-state index in [1.165, 1.54) is 31.2 Å². The van der Waals surface area contributed by atoms with E-state index in [-0.39, 0.29) is 28.9 Å². The molecule has 1 fully saturated rings. The number of aromatic nitrogens is 4. The highest BCUT2D eigenvalue weighted by atomic mass is 19.4. The highest BCUT2D eigenvalue weighted by Gasteiger charge is 2.40. The Morgan fingerprint density at radius 3 is 2.53 bits per heavy atom. The molecule has 3 heterocycles. The average molecular weight is 450 g/mol. The van der Waals surface area contributed by atoms with Crippen molar-refractivity contribution in [1.29, 1.82) is 0 Å². The van der Waals surface area contributed by atoms with E-state index in [1.807, 2.05) is 0 Å². The van der Waals surface area contributed by atoms with Gasteiger partial charge in [0.25, 0.3) is 5.89 Å². The van der Waals surface area contributed by atoms with Crippen LogP contribution in [0.4, 0.5) is 18.9 Å². The maximum Gasteiger partial charge on any atom is 0.434 e. The molecule has 0 aliphatic carbocycles. The quantitative estimate of drug-likeness (QED) is 0.617. The van der Waals surface area contributed by atoms with Crippen LogP contribution in [0.3, 0.4) is 0 Å². The van der Waals surface area contributed by atoms with Gasteiger partial charge in [0.1, 0.15) is 0 Å². The number of hydrogen-bond acceptors (Lipinski definition) is 7. The number of rotatable bonds is 6. The zero-order valence-electron chi connectivity index (χ0n) is 17.2. The van der Waals surface area contributed by atoms with Gasteiger partial charge < -0.3 is 14.6 Å². The summed E-state index contributed by atoms with van der Waals surface area (Å²) in [5, 5.41) is 10.2. The second kappa shape index (κ2) is 9.09. The number of nitrogens with zero attached hydrogens (tertiary/aromatic N) is 5. The minimum Gasteiger partial charge on any atom is -0.379 e. The molecule has 9 nitrogen and oxygen atoms in total. The molecule has 12 heteroatoms. The van der Waals surface area contributed by atoms with Crippen molar-refractivity contribution in [2.24, 2.45) is 0 Å². The molecule has 0 saturated carbocycles. The second-order valence-corrected chi connectivity index (χ2v) is 7.26. The molecule has 1 amide bonds. The van der Waals surface area contributed by atoms with Crippen molar-refractivity contribution in [3.63, 3.8) is 0 Å². The Labute approximate surface area is 181 Å². The number of amides is 1. The Morgan fingerprint density at radius 2 is 1.91 bits per heavy atom. The third-order valence-electron chi connectivity index (χ3n) is 4.95. The van der Waals surface area contributed by atoms with Crippen molar-refractivity contribution in [2.75, 3.05) is 38.2 Å². The number of carbonyl (C=O) groups is 1. The van der Waals surface area contributed by atoms with E-state index >= 15 is 0 Å².